The van der Waals surface area contributed by atoms with Gasteiger partial charge in [-0.15, -0.1) is 0 Å². The first-order valence-corrected chi connectivity index (χ1v) is 9.45. The van der Waals surface area contributed by atoms with Crippen molar-refractivity contribution in [2.45, 2.75) is 25.8 Å². The molecule has 0 unspecified atom stereocenters. The van der Waals surface area contributed by atoms with Crippen LogP contribution in [0.3, 0.4) is 0 Å². The number of halogens is 1. The zero-order valence-electron chi connectivity index (χ0n) is 16.0. The number of hydrogen-bond acceptors (Lipinski definition) is 6. The lowest BCUT2D eigenvalue weighted by Gasteiger charge is -2.09. The smallest absolute Gasteiger partial charge is 0.326 e. The fraction of sp³-hybridized carbons (Fsp3) is 0.200. The van der Waals surface area contributed by atoms with Crippen molar-refractivity contribution in [3.8, 4) is 5.88 Å². The van der Waals surface area contributed by atoms with Gasteiger partial charge in [-0.1, -0.05) is 6.07 Å². The third-order valence-corrected chi connectivity index (χ3v) is 4.84. The minimum Gasteiger partial charge on any atom is -0.493 e. The van der Waals surface area contributed by atoms with E-state index >= 15 is 0 Å². The molecule has 10 heteroatoms. The number of aryl methyl sites for hydroxylation is 1. The second kappa shape index (κ2) is 6.83. The molecule has 0 amide bonds. The molecule has 0 atom stereocenters. The number of anilines is 2. The van der Waals surface area contributed by atoms with Gasteiger partial charge in [0.25, 0.3) is 0 Å². The zero-order chi connectivity index (χ0) is 20.8. The minimum atomic E-state index is -0.517. The number of aromatic hydroxyl groups is 1. The first-order valence-electron chi connectivity index (χ1n) is 9.45. The number of hydrogen-bond donors (Lipinski definition) is 4. The van der Waals surface area contributed by atoms with Crippen molar-refractivity contribution < 1.29 is 9.50 Å². The predicted molar refractivity (Wildman–Crippen MR) is 108 cm³/mol. The molecule has 1 saturated carbocycles. The van der Waals surface area contributed by atoms with Crippen molar-refractivity contribution in [1.82, 2.24) is 24.6 Å². The van der Waals surface area contributed by atoms with Crippen molar-refractivity contribution in [2.75, 3.05) is 5.32 Å². The zero-order valence-corrected chi connectivity index (χ0v) is 16.0. The van der Waals surface area contributed by atoms with Gasteiger partial charge in [-0.2, -0.15) is 9.61 Å². The Balaban J connectivity index is 1.69. The maximum Gasteiger partial charge on any atom is 0.326 e. The lowest BCUT2D eigenvalue weighted by atomic mass is 10.2. The fourth-order valence-corrected chi connectivity index (χ4v) is 3.13. The molecular weight excluding hydrogens is 389 g/mol. The summed E-state index contributed by atoms with van der Waals surface area (Å²) >= 11 is 0. The summed E-state index contributed by atoms with van der Waals surface area (Å²) < 4.78 is 15.3. The van der Waals surface area contributed by atoms with Gasteiger partial charge >= 0.3 is 5.69 Å². The van der Waals surface area contributed by atoms with Gasteiger partial charge in [0.05, 0.1) is 12.2 Å². The summed E-state index contributed by atoms with van der Waals surface area (Å²) in [5.41, 5.74) is 2.27. The molecule has 0 spiro atoms. The van der Waals surface area contributed by atoms with Crippen LogP contribution in [0.4, 0.5) is 15.9 Å². The highest BCUT2D eigenvalue weighted by Crippen LogP contribution is 2.23. The SMILES string of the molecule is Cc1ccc(F)cc1Nc1cc(=NC2CC2)n2nc/c(=C/c3[nH]c(=O)[nH]c3O)c2n1. The second-order valence-corrected chi connectivity index (χ2v) is 7.27. The van der Waals surface area contributed by atoms with E-state index in [1.54, 1.807) is 28.9 Å². The Morgan fingerprint density at radius 1 is 1.33 bits per heavy atom. The van der Waals surface area contributed by atoms with Gasteiger partial charge in [0.2, 0.25) is 5.88 Å². The Morgan fingerprint density at radius 2 is 2.17 bits per heavy atom. The number of imidazole rings is 1. The molecule has 30 heavy (non-hydrogen) atoms. The lowest BCUT2D eigenvalue weighted by molar-refractivity contribution is 0.454. The average Bonchev–Trinajstić information content (AvgIpc) is 3.34. The number of aromatic amines is 2. The number of nitrogens with one attached hydrogen (secondary N) is 3. The molecule has 0 bridgehead atoms. The predicted octanol–water partition coefficient (Wildman–Crippen LogP) is 1.25. The highest BCUT2D eigenvalue weighted by atomic mass is 19.1. The third-order valence-electron chi connectivity index (χ3n) is 4.84. The molecule has 3 heterocycles. The van der Waals surface area contributed by atoms with Crippen LogP contribution in [-0.4, -0.2) is 35.7 Å². The van der Waals surface area contributed by atoms with Crippen LogP contribution in [0.5, 0.6) is 5.88 Å². The highest BCUT2D eigenvalue weighted by Gasteiger charge is 2.20. The molecule has 9 nitrogen and oxygen atoms in total. The van der Waals surface area contributed by atoms with E-state index in [1.165, 1.54) is 12.1 Å². The summed E-state index contributed by atoms with van der Waals surface area (Å²) in [5, 5.41) is 18.0. The van der Waals surface area contributed by atoms with Gasteiger partial charge in [0.15, 0.2) is 11.1 Å². The van der Waals surface area contributed by atoms with Crippen molar-refractivity contribution in [1.29, 1.82) is 0 Å². The lowest BCUT2D eigenvalue weighted by Crippen LogP contribution is -2.20. The van der Waals surface area contributed by atoms with E-state index in [1.807, 2.05) is 6.92 Å². The number of fused-ring (bicyclic) bond motifs is 1. The first kappa shape index (κ1) is 18.1. The van der Waals surface area contributed by atoms with Crippen LogP contribution >= 0.6 is 0 Å². The molecule has 0 aliphatic heterocycles. The largest absolute Gasteiger partial charge is 0.493 e. The number of rotatable bonds is 4. The Morgan fingerprint density at radius 3 is 2.90 bits per heavy atom. The molecule has 152 valence electrons. The van der Waals surface area contributed by atoms with Gasteiger partial charge in [-0.05, 0) is 43.5 Å². The number of benzene rings is 1. The van der Waals surface area contributed by atoms with E-state index in [0.717, 1.165) is 18.4 Å². The quantitative estimate of drug-likeness (QED) is 0.405. The van der Waals surface area contributed by atoms with Crippen LogP contribution in [0.2, 0.25) is 0 Å². The molecule has 3 aromatic heterocycles. The van der Waals surface area contributed by atoms with E-state index in [-0.39, 0.29) is 23.4 Å². The topological polar surface area (TPSA) is 123 Å². The van der Waals surface area contributed by atoms with Crippen molar-refractivity contribution in [2.24, 2.45) is 4.99 Å². The monoisotopic (exact) mass is 407 g/mol. The Bertz CT molecular complexity index is 1450. The van der Waals surface area contributed by atoms with Gasteiger partial charge in [-0.3, -0.25) is 9.98 Å². The summed E-state index contributed by atoms with van der Waals surface area (Å²) in [6, 6.07) is 6.52. The van der Waals surface area contributed by atoms with Crippen LogP contribution in [0.25, 0.3) is 11.7 Å². The van der Waals surface area contributed by atoms with Gasteiger partial charge < -0.3 is 15.4 Å². The van der Waals surface area contributed by atoms with Crippen molar-refractivity contribution >= 4 is 23.2 Å². The number of aromatic nitrogens is 5. The van der Waals surface area contributed by atoms with Gasteiger partial charge in [0.1, 0.15) is 17.3 Å². The third kappa shape index (κ3) is 3.43. The second-order valence-electron chi connectivity index (χ2n) is 7.27. The fourth-order valence-electron chi connectivity index (χ4n) is 3.13. The molecule has 4 N–H and O–H groups in total. The van der Waals surface area contributed by atoms with E-state index in [9.17, 15) is 14.3 Å². The van der Waals surface area contributed by atoms with Crippen LogP contribution < -0.4 is 21.7 Å². The van der Waals surface area contributed by atoms with Crippen molar-refractivity contribution in [3.63, 3.8) is 0 Å². The number of nitrogens with zero attached hydrogens (tertiary/aromatic N) is 4. The molecule has 0 saturated heterocycles. The van der Waals surface area contributed by atoms with Crippen molar-refractivity contribution in [3.05, 3.63) is 68.7 Å². The van der Waals surface area contributed by atoms with Crippen LogP contribution in [0.15, 0.2) is 40.2 Å². The van der Waals surface area contributed by atoms with E-state index in [4.69, 9.17) is 4.99 Å². The van der Waals surface area contributed by atoms with E-state index < -0.39 is 5.69 Å². The van der Waals surface area contributed by atoms with Crippen LogP contribution in [0.1, 0.15) is 24.1 Å². The first-order chi connectivity index (χ1) is 14.5. The average molecular weight is 407 g/mol. The Hall–Kier alpha value is -3.95. The molecule has 1 aromatic carbocycles. The molecule has 1 fully saturated rings. The normalized spacial score (nSPS) is 15.3. The molecular formula is C20H18FN7O2. The van der Waals surface area contributed by atoms with Gasteiger partial charge in [0, 0.05) is 17.0 Å². The summed E-state index contributed by atoms with van der Waals surface area (Å²) in [5.74, 6) is -0.137. The Labute approximate surface area is 168 Å². The molecule has 1 aliphatic carbocycles. The maximum atomic E-state index is 13.7. The molecule has 5 rings (SSSR count). The molecule has 4 aromatic rings. The Kier molecular flexibility index (Phi) is 4.12. The highest BCUT2D eigenvalue weighted by molar-refractivity contribution is 5.63. The van der Waals surface area contributed by atoms with Crippen LogP contribution in [0, 0.1) is 12.7 Å². The van der Waals surface area contributed by atoms with Gasteiger partial charge in [-0.25, -0.2) is 14.2 Å². The molecule has 0 radical (unpaired) electrons. The summed E-state index contributed by atoms with van der Waals surface area (Å²) in [6.07, 6.45) is 5.19. The summed E-state index contributed by atoms with van der Waals surface area (Å²) in [4.78, 5) is 25.5. The maximum absolute atomic E-state index is 13.7. The minimum absolute atomic E-state index is 0.219. The summed E-state index contributed by atoms with van der Waals surface area (Å²) in [7, 11) is 0. The van der Waals surface area contributed by atoms with Crippen LogP contribution in [-0.2, 0) is 0 Å². The molecule has 1 aliphatic rings. The standard InChI is InChI=1S/C20H18FN7O2/c1-10-2-3-12(21)7-14(10)24-16-8-17(23-13-4-5-13)28-18(26-16)11(9-22-28)6-15-19(29)27-20(30)25-15/h2-3,6-9,13,24,29H,4-5H2,1H3,(H2,25,27,30)/b11-6-,23-17?. The van der Waals surface area contributed by atoms with E-state index in [2.05, 4.69) is 25.4 Å². The summed E-state index contributed by atoms with van der Waals surface area (Å²) in [6.45, 7) is 1.87. The number of H-pyrrole nitrogens is 2. The van der Waals surface area contributed by atoms with E-state index in [0.29, 0.717) is 27.9 Å².